The van der Waals surface area contributed by atoms with Crippen LogP contribution in [0.4, 0.5) is 11.5 Å². The predicted molar refractivity (Wildman–Crippen MR) is 140 cm³/mol. The molecule has 1 aliphatic carbocycles. The molecular formula is C28H23N3O4S. The minimum Gasteiger partial charge on any atom is -0.481 e. The highest BCUT2D eigenvalue weighted by Gasteiger charge is 2.45. The van der Waals surface area contributed by atoms with E-state index in [9.17, 15) is 14.7 Å². The van der Waals surface area contributed by atoms with Crippen LogP contribution in [0, 0.1) is 0 Å². The molecular weight excluding hydrogens is 474 g/mol. The van der Waals surface area contributed by atoms with Crippen molar-refractivity contribution in [1.82, 2.24) is 9.97 Å². The molecule has 7 nitrogen and oxygen atoms in total. The molecule has 4 aromatic rings. The van der Waals surface area contributed by atoms with Gasteiger partial charge in [0.2, 0.25) is 0 Å². The topological polar surface area (TPSA) is 101 Å². The number of benzene rings is 3. The molecule has 0 bridgehead atoms. The van der Waals surface area contributed by atoms with Gasteiger partial charge in [0.05, 0.1) is 16.7 Å². The molecule has 36 heavy (non-hydrogen) atoms. The lowest BCUT2D eigenvalue weighted by atomic mass is 9.64. The Morgan fingerprint density at radius 1 is 0.889 bits per heavy atom. The van der Waals surface area contributed by atoms with Gasteiger partial charge in [0, 0.05) is 35.8 Å². The molecule has 180 valence electrons. The van der Waals surface area contributed by atoms with Crippen LogP contribution in [0.15, 0.2) is 84.9 Å². The lowest BCUT2D eigenvalue weighted by molar-refractivity contribution is -0.147. The van der Waals surface area contributed by atoms with E-state index in [2.05, 4.69) is 22.4 Å². The number of aromatic nitrogens is 2. The largest absolute Gasteiger partial charge is 0.481 e. The van der Waals surface area contributed by atoms with E-state index in [1.54, 1.807) is 24.3 Å². The molecule has 1 saturated carbocycles. The fourth-order valence-corrected chi connectivity index (χ4v) is 4.49. The minimum atomic E-state index is -0.771. The quantitative estimate of drug-likeness (QED) is 0.211. The molecule has 1 fully saturated rings. The number of hydrogen-bond donors (Lipinski definition) is 3. The Labute approximate surface area is 213 Å². The van der Waals surface area contributed by atoms with Crippen LogP contribution in [-0.2, 0) is 14.4 Å². The van der Waals surface area contributed by atoms with Crippen molar-refractivity contribution in [2.24, 2.45) is 0 Å². The molecule has 0 atom stereocenters. The third-order valence-electron chi connectivity index (χ3n) is 6.58. The van der Waals surface area contributed by atoms with Gasteiger partial charge in [-0.25, -0.2) is 14.8 Å². The number of carbonyl (C=O) groups is 2. The van der Waals surface area contributed by atoms with Gasteiger partial charge in [-0.2, -0.15) is 0 Å². The van der Waals surface area contributed by atoms with Crippen molar-refractivity contribution in [2.75, 3.05) is 5.32 Å². The standard InChI is InChI=1S/C28H23N3O4S/c32-26(35-36)20-9-7-19(8-10-20)25-30-23(18-5-2-1-3-6-18)17-24(31-25)29-22-13-11-21(12-14-22)28(27(33)34)15-4-16-28/h1-3,5-14,17,36H,4,15-16H2,(H,33,34)(H,29,30,31). The van der Waals surface area contributed by atoms with Gasteiger partial charge in [-0.05, 0) is 42.7 Å². The third kappa shape index (κ3) is 4.55. The van der Waals surface area contributed by atoms with Gasteiger partial charge in [-0.3, -0.25) is 4.79 Å². The summed E-state index contributed by atoms with van der Waals surface area (Å²) in [7, 11) is 0. The van der Waals surface area contributed by atoms with Crippen molar-refractivity contribution < 1.29 is 18.9 Å². The van der Waals surface area contributed by atoms with Crippen LogP contribution in [0.3, 0.4) is 0 Å². The summed E-state index contributed by atoms with van der Waals surface area (Å²) >= 11 is 3.57. The van der Waals surface area contributed by atoms with Crippen molar-refractivity contribution in [3.05, 3.63) is 96.1 Å². The van der Waals surface area contributed by atoms with E-state index in [0.717, 1.165) is 34.5 Å². The van der Waals surface area contributed by atoms with E-state index >= 15 is 0 Å². The van der Waals surface area contributed by atoms with E-state index in [1.807, 2.05) is 60.7 Å². The molecule has 0 amide bonds. The number of aliphatic carboxylic acids is 1. The van der Waals surface area contributed by atoms with E-state index in [4.69, 9.17) is 9.97 Å². The highest BCUT2D eigenvalue weighted by Crippen LogP contribution is 2.44. The number of carboxylic acid groups (broad SMARTS) is 1. The molecule has 5 rings (SSSR count). The fraction of sp³-hybridized carbons (Fsp3) is 0.143. The van der Waals surface area contributed by atoms with Gasteiger partial charge in [0.15, 0.2) is 5.82 Å². The van der Waals surface area contributed by atoms with Crippen molar-refractivity contribution in [3.63, 3.8) is 0 Å². The first-order chi connectivity index (χ1) is 17.5. The zero-order chi connectivity index (χ0) is 25.1. The fourth-order valence-electron chi connectivity index (χ4n) is 4.38. The van der Waals surface area contributed by atoms with Gasteiger partial charge in [-0.15, -0.1) is 0 Å². The van der Waals surface area contributed by atoms with E-state index in [0.29, 0.717) is 30.0 Å². The third-order valence-corrected chi connectivity index (χ3v) is 6.75. The number of hydrogen-bond acceptors (Lipinski definition) is 7. The maximum atomic E-state index is 11.8. The summed E-state index contributed by atoms with van der Waals surface area (Å²) in [6.07, 6.45) is 2.25. The smallest absolute Gasteiger partial charge is 0.349 e. The van der Waals surface area contributed by atoms with E-state index < -0.39 is 17.4 Å². The molecule has 0 unspecified atom stereocenters. The van der Waals surface area contributed by atoms with E-state index in [1.165, 1.54) is 0 Å². The summed E-state index contributed by atoms with van der Waals surface area (Å²) in [5, 5.41) is 13.0. The molecule has 3 aromatic carbocycles. The molecule has 0 aliphatic heterocycles. The van der Waals surface area contributed by atoms with Gasteiger partial charge in [0.1, 0.15) is 5.82 Å². The van der Waals surface area contributed by atoms with Gasteiger partial charge in [-0.1, -0.05) is 61.0 Å². The lowest BCUT2D eigenvalue weighted by Crippen LogP contribution is -2.42. The second-order valence-corrected chi connectivity index (χ2v) is 8.91. The first-order valence-electron chi connectivity index (χ1n) is 11.5. The number of thiol groups is 1. The van der Waals surface area contributed by atoms with Crippen LogP contribution in [0.25, 0.3) is 22.6 Å². The van der Waals surface area contributed by atoms with Crippen LogP contribution in [0.2, 0.25) is 0 Å². The highest BCUT2D eigenvalue weighted by atomic mass is 32.1. The Hall–Kier alpha value is -4.17. The number of carboxylic acids is 1. The SMILES string of the molecule is O=C(OS)c1ccc(-c2nc(Nc3ccc(C4(C(=O)O)CCC4)cc3)cc(-c3ccccc3)n2)cc1. The molecule has 2 N–H and O–H groups in total. The monoisotopic (exact) mass is 497 g/mol. The second-order valence-electron chi connectivity index (χ2n) is 8.73. The van der Waals surface area contributed by atoms with Crippen LogP contribution < -0.4 is 5.32 Å². The van der Waals surface area contributed by atoms with Crippen molar-refractivity contribution in [1.29, 1.82) is 0 Å². The highest BCUT2D eigenvalue weighted by molar-refractivity contribution is 7.75. The zero-order valence-corrected chi connectivity index (χ0v) is 20.1. The molecule has 8 heteroatoms. The summed E-state index contributed by atoms with van der Waals surface area (Å²) in [5.74, 6) is -0.236. The molecule has 0 saturated heterocycles. The van der Waals surface area contributed by atoms with Gasteiger partial charge < -0.3 is 14.6 Å². The summed E-state index contributed by atoms with van der Waals surface area (Å²) in [6, 6.07) is 25.9. The average molecular weight is 498 g/mol. The summed E-state index contributed by atoms with van der Waals surface area (Å²) in [6.45, 7) is 0. The Balaban J connectivity index is 1.48. The number of anilines is 2. The Kier molecular flexibility index (Phi) is 6.43. The van der Waals surface area contributed by atoms with Crippen LogP contribution in [0.1, 0.15) is 35.2 Å². The summed E-state index contributed by atoms with van der Waals surface area (Å²) in [5.41, 5.74) is 3.61. The molecule has 1 heterocycles. The van der Waals surface area contributed by atoms with Crippen molar-refractivity contribution >= 4 is 36.4 Å². The number of nitrogens with one attached hydrogen (secondary N) is 1. The van der Waals surface area contributed by atoms with Gasteiger partial charge >= 0.3 is 11.9 Å². The molecule has 0 radical (unpaired) electrons. The van der Waals surface area contributed by atoms with Crippen LogP contribution in [-0.4, -0.2) is 27.0 Å². The van der Waals surface area contributed by atoms with Gasteiger partial charge in [0.25, 0.3) is 0 Å². The number of rotatable bonds is 7. The Morgan fingerprint density at radius 2 is 1.58 bits per heavy atom. The summed E-state index contributed by atoms with van der Waals surface area (Å²) < 4.78 is 4.48. The van der Waals surface area contributed by atoms with E-state index in [-0.39, 0.29) is 0 Å². The zero-order valence-electron chi connectivity index (χ0n) is 19.2. The Bertz CT molecular complexity index is 1400. The number of carbonyl (C=O) groups excluding carboxylic acids is 1. The molecule has 1 aliphatic rings. The predicted octanol–water partition coefficient (Wildman–Crippen LogP) is 6.06. The first kappa shape index (κ1) is 23.6. The Morgan fingerprint density at radius 3 is 2.17 bits per heavy atom. The average Bonchev–Trinajstić information content (AvgIpc) is 2.89. The van der Waals surface area contributed by atoms with Crippen LogP contribution in [0.5, 0.6) is 0 Å². The summed E-state index contributed by atoms with van der Waals surface area (Å²) in [4.78, 5) is 33.0. The van der Waals surface area contributed by atoms with Crippen molar-refractivity contribution in [2.45, 2.75) is 24.7 Å². The van der Waals surface area contributed by atoms with Crippen molar-refractivity contribution in [3.8, 4) is 22.6 Å². The lowest BCUT2D eigenvalue weighted by Gasteiger charge is -2.38. The first-order valence-corrected chi connectivity index (χ1v) is 11.9. The van der Waals surface area contributed by atoms with Crippen LogP contribution >= 0.6 is 12.9 Å². The second kappa shape index (κ2) is 9.83. The molecule has 1 aromatic heterocycles. The molecule has 0 spiro atoms. The number of nitrogens with zero attached hydrogens (tertiary/aromatic N) is 2. The normalized spacial score (nSPS) is 13.9. The minimum absolute atomic E-state index is 0.372. The maximum Gasteiger partial charge on any atom is 0.349 e. The maximum absolute atomic E-state index is 11.8.